The van der Waals surface area contributed by atoms with Crippen molar-refractivity contribution in [3.05, 3.63) is 30.3 Å². The monoisotopic (exact) mass is 347 g/mol. The Morgan fingerprint density at radius 2 is 1.71 bits per heavy atom. The number of ether oxygens (including phenoxy) is 1. The molecule has 1 N–H and O–H groups in total. The van der Waals surface area contributed by atoms with Crippen LogP contribution in [0, 0.1) is 0 Å². The molecule has 0 aliphatic heterocycles. The van der Waals surface area contributed by atoms with Crippen molar-refractivity contribution in [2.24, 2.45) is 0 Å². The van der Waals surface area contributed by atoms with Gasteiger partial charge >= 0.3 is 0 Å². The average molecular weight is 347 g/mol. The average Bonchev–Trinajstić information content (AvgIpc) is 2.38. The fraction of sp³-hybridized carbons (Fsp3) is 0.571. The molecule has 3 heteroatoms. The van der Waals surface area contributed by atoms with Crippen molar-refractivity contribution in [1.29, 1.82) is 0 Å². The van der Waals surface area contributed by atoms with Gasteiger partial charge in [-0.3, -0.25) is 0 Å². The van der Waals surface area contributed by atoms with Gasteiger partial charge in [-0.15, -0.1) is 0 Å². The van der Waals surface area contributed by atoms with Gasteiger partial charge < -0.3 is 10.1 Å². The fourth-order valence-corrected chi connectivity index (χ4v) is 2.09. The second kappa shape index (κ2) is 10.8. The van der Waals surface area contributed by atoms with Crippen LogP contribution in [0.25, 0.3) is 0 Å². The van der Waals surface area contributed by atoms with Crippen LogP contribution in [0.5, 0.6) is 5.75 Å². The van der Waals surface area contributed by atoms with Crippen LogP contribution in [-0.2, 0) is 0 Å². The molecule has 0 unspecified atom stereocenters. The van der Waals surface area contributed by atoms with Crippen molar-refractivity contribution in [1.82, 2.24) is 5.32 Å². The Hall–Kier alpha value is -0.290. The highest BCUT2D eigenvalue weighted by Gasteiger charge is 1.92. The standard InChI is InChI=1S/C14H22INO/c15-10-5-2-6-11-16-12-7-13-17-14-8-3-1-4-9-14/h1,3-4,8-9,16H,2,5-7,10-13H2. The fourth-order valence-electron chi connectivity index (χ4n) is 1.55. The van der Waals surface area contributed by atoms with Crippen LogP contribution in [0.1, 0.15) is 25.7 Å². The van der Waals surface area contributed by atoms with Crippen molar-refractivity contribution < 1.29 is 4.74 Å². The molecular formula is C14H22INO. The van der Waals surface area contributed by atoms with Gasteiger partial charge in [0.2, 0.25) is 0 Å². The molecule has 0 saturated carbocycles. The first kappa shape index (κ1) is 14.8. The minimum atomic E-state index is 0.796. The van der Waals surface area contributed by atoms with Gasteiger partial charge in [0.15, 0.2) is 0 Å². The van der Waals surface area contributed by atoms with Crippen LogP contribution in [0.3, 0.4) is 0 Å². The third-order valence-corrected chi connectivity index (χ3v) is 3.26. The Kier molecular flexibility index (Phi) is 9.42. The van der Waals surface area contributed by atoms with E-state index in [4.69, 9.17) is 4.74 Å². The lowest BCUT2D eigenvalue weighted by molar-refractivity contribution is 0.308. The molecule has 0 fully saturated rings. The summed E-state index contributed by atoms with van der Waals surface area (Å²) in [6.45, 7) is 2.99. The van der Waals surface area contributed by atoms with Gasteiger partial charge in [-0.1, -0.05) is 47.2 Å². The number of unbranched alkanes of at least 4 members (excludes halogenated alkanes) is 2. The smallest absolute Gasteiger partial charge is 0.119 e. The number of halogens is 1. The molecule has 2 nitrogen and oxygen atoms in total. The molecule has 0 aliphatic rings. The summed E-state index contributed by atoms with van der Waals surface area (Å²) >= 11 is 2.44. The normalized spacial score (nSPS) is 10.4. The molecule has 1 aromatic carbocycles. The molecule has 0 atom stereocenters. The lowest BCUT2D eigenvalue weighted by atomic mass is 10.2. The Morgan fingerprint density at radius 1 is 0.941 bits per heavy atom. The molecule has 0 aliphatic carbocycles. The van der Waals surface area contributed by atoms with Crippen LogP contribution >= 0.6 is 22.6 Å². The van der Waals surface area contributed by atoms with Crippen molar-refractivity contribution in [2.45, 2.75) is 25.7 Å². The van der Waals surface area contributed by atoms with Gasteiger partial charge in [0.25, 0.3) is 0 Å². The number of benzene rings is 1. The molecule has 1 rings (SSSR count). The second-order valence-corrected chi connectivity index (χ2v) is 5.09. The molecule has 0 amide bonds. The van der Waals surface area contributed by atoms with E-state index in [1.165, 1.54) is 23.7 Å². The van der Waals surface area contributed by atoms with E-state index in [2.05, 4.69) is 27.9 Å². The Morgan fingerprint density at radius 3 is 2.47 bits per heavy atom. The summed E-state index contributed by atoms with van der Waals surface area (Å²) in [5, 5.41) is 3.45. The van der Waals surface area contributed by atoms with E-state index in [-0.39, 0.29) is 0 Å². The van der Waals surface area contributed by atoms with Gasteiger partial charge in [0, 0.05) is 0 Å². The minimum Gasteiger partial charge on any atom is -0.494 e. The van der Waals surface area contributed by atoms with E-state index in [9.17, 15) is 0 Å². The molecule has 0 bridgehead atoms. The molecular weight excluding hydrogens is 325 g/mol. The number of alkyl halides is 1. The third-order valence-electron chi connectivity index (χ3n) is 2.50. The summed E-state index contributed by atoms with van der Waals surface area (Å²) in [5.41, 5.74) is 0. The molecule has 17 heavy (non-hydrogen) atoms. The molecule has 96 valence electrons. The lowest BCUT2D eigenvalue weighted by Gasteiger charge is -2.06. The van der Waals surface area contributed by atoms with Crippen LogP contribution in [-0.4, -0.2) is 24.1 Å². The largest absolute Gasteiger partial charge is 0.494 e. The minimum absolute atomic E-state index is 0.796. The predicted octanol–water partition coefficient (Wildman–Crippen LogP) is 3.65. The summed E-state index contributed by atoms with van der Waals surface area (Å²) in [6, 6.07) is 10.0. The first-order valence-electron chi connectivity index (χ1n) is 6.38. The van der Waals surface area contributed by atoms with Gasteiger partial charge in [-0.25, -0.2) is 0 Å². The highest BCUT2D eigenvalue weighted by atomic mass is 127. The first-order chi connectivity index (χ1) is 8.43. The summed E-state index contributed by atoms with van der Waals surface area (Å²) in [4.78, 5) is 0. The quantitative estimate of drug-likeness (QED) is 0.396. The van der Waals surface area contributed by atoms with E-state index >= 15 is 0 Å². The van der Waals surface area contributed by atoms with Crippen LogP contribution < -0.4 is 10.1 Å². The molecule has 0 aromatic heterocycles. The predicted molar refractivity (Wildman–Crippen MR) is 82.2 cm³/mol. The van der Waals surface area contributed by atoms with Crippen molar-refractivity contribution in [2.75, 3.05) is 24.1 Å². The zero-order valence-corrected chi connectivity index (χ0v) is 12.5. The Bertz CT molecular complexity index is 266. The van der Waals surface area contributed by atoms with Gasteiger partial charge in [0.1, 0.15) is 5.75 Å². The maximum atomic E-state index is 5.61. The first-order valence-corrected chi connectivity index (χ1v) is 7.90. The highest BCUT2D eigenvalue weighted by Crippen LogP contribution is 2.07. The maximum absolute atomic E-state index is 5.61. The zero-order valence-electron chi connectivity index (χ0n) is 10.3. The molecule has 0 radical (unpaired) electrons. The van der Waals surface area contributed by atoms with E-state index in [1.807, 2.05) is 30.3 Å². The Balaban J connectivity index is 1.85. The number of para-hydroxylation sites is 1. The molecule has 1 aromatic rings. The van der Waals surface area contributed by atoms with E-state index in [1.54, 1.807) is 0 Å². The SMILES string of the molecule is ICCCCCNCCCOc1ccccc1. The van der Waals surface area contributed by atoms with E-state index in [0.29, 0.717) is 0 Å². The van der Waals surface area contributed by atoms with Gasteiger partial charge in [0.05, 0.1) is 6.61 Å². The van der Waals surface area contributed by atoms with Crippen LogP contribution in [0.4, 0.5) is 0 Å². The van der Waals surface area contributed by atoms with Crippen molar-refractivity contribution in [3.8, 4) is 5.75 Å². The molecule has 0 saturated heterocycles. The number of hydrogen-bond donors (Lipinski definition) is 1. The summed E-state index contributed by atoms with van der Waals surface area (Å²) in [7, 11) is 0. The van der Waals surface area contributed by atoms with Crippen LogP contribution in [0.2, 0.25) is 0 Å². The number of rotatable bonds is 10. The van der Waals surface area contributed by atoms with Gasteiger partial charge in [-0.2, -0.15) is 0 Å². The molecule has 0 spiro atoms. The third kappa shape index (κ3) is 8.44. The summed E-state index contributed by atoms with van der Waals surface area (Å²) in [6.07, 6.45) is 5.06. The van der Waals surface area contributed by atoms with Gasteiger partial charge in [-0.05, 0) is 48.9 Å². The number of hydrogen-bond acceptors (Lipinski definition) is 2. The van der Waals surface area contributed by atoms with Crippen molar-refractivity contribution in [3.63, 3.8) is 0 Å². The summed E-state index contributed by atoms with van der Waals surface area (Å²) < 4.78 is 6.89. The number of nitrogens with one attached hydrogen (secondary N) is 1. The Labute approximate surface area is 118 Å². The summed E-state index contributed by atoms with van der Waals surface area (Å²) in [5.74, 6) is 0.967. The van der Waals surface area contributed by atoms with E-state index < -0.39 is 0 Å². The highest BCUT2D eigenvalue weighted by molar-refractivity contribution is 14.1. The van der Waals surface area contributed by atoms with E-state index in [0.717, 1.165) is 31.9 Å². The van der Waals surface area contributed by atoms with Crippen molar-refractivity contribution >= 4 is 22.6 Å². The maximum Gasteiger partial charge on any atom is 0.119 e. The zero-order chi connectivity index (χ0) is 12.2. The molecule has 0 heterocycles. The lowest BCUT2D eigenvalue weighted by Crippen LogP contribution is -2.18. The second-order valence-electron chi connectivity index (χ2n) is 4.01. The van der Waals surface area contributed by atoms with Crippen LogP contribution in [0.15, 0.2) is 30.3 Å². The topological polar surface area (TPSA) is 21.3 Å².